The van der Waals surface area contributed by atoms with E-state index in [2.05, 4.69) is 15.3 Å². The summed E-state index contributed by atoms with van der Waals surface area (Å²) >= 11 is 0. The van der Waals surface area contributed by atoms with Crippen molar-refractivity contribution < 1.29 is 14.6 Å². The van der Waals surface area contributed by atoms with Crippen LogP contribution in [-0.4, -0.2) is 26.4 Å². The molecular formula is C11H11N4O2+. The van der Waals surface area contributed by atoms with Crippen LogP contribution in [-0.2, 0) is 11.3 Å². The van der Waals surface area contributed by atoms with Crippen molar-refractivity contribution in [1.82, 2.24) is 15.3 Å². The first-order chi connectivity index (χ1) is 8.25. The summed E-state index contributed by atoms with van der Waals surface area (Å²) in [6, 6.07) is 5.47. The van der Waals surface area contributed by atoms with Crippen molar-refractivity contribution in [1.29, 1.82) is 0 Å². The van der Waals surface area contributed by atoms with Crippen LogP contribution in [0.4, 0.5) is 0 Å². The zero-order valence-corrected chi connectivity index (χ0v) is 9.02. The van der Waals surface area contributed by atoms with Gasteiger partial charge >= 0.3 is 5.97 Å². The van der Waals surface area contributed by atoms with E-state index >= 15 is 0 Å². The first kappa shape index (κ1) is 11.1. The number of carboxylic acids is 1. The van der Waals surface area contributed by atoms with Crippen LogP contribution in [0.15, 0.2) is 36.8 Å². The average Bonchev–Trinajstić information content (AvgIpc) is 2.38. The maximum Gasteiger partial charge on any atom is 0.309 e. The Balaban J connectivity index is 2.11. The maximum atomic E-state index is 10.4. The molecule has 2 aromatic rings. The Morgan fingerprint density at radius 3 is 2.88 bits per heavy atom. The van der Waals surface area contributed by atoms with Crippen molar-refractivity contribution in [2.24, 2.45) is 0 Å². The Kier molecular flexibility index (Phi) is 3.34. The molecular weight excluding hydrogens is 220 g/mol. The van der Waals surface area contributed by atoms with Crippen LogP contribution in [0.3, 0.4) is 0 Å². The van der Waals surface area contributed by atoms with Gasteiger partial charge < -0.3 is 5.11 Å². The predicted molar refractivity (Wildman–Crippen MR) is 57.7 cm³/mol. The molecule has 0 unspecified atom stereocenters. The minimum atomic E-state index is -0.836. The molecule has 6 nitrogen and oxygen atoms in total. The Labute approximate surface area is 97.6 Å². The van der Waals surface area contributed by atoms with Crippen LogP contribution in [0.5, 0.6) is 0 Å². The van der Waals surface area contributed by atoms with Gasteiger partial charge in [-0.3, -0.25) is 4.79 Å². The number of nitrogens with zero attached hydrogens (tertiary/aromatic N) is 4. The van der Waals surface area contributed by atoms with E-state index in [4.69, 9.17) is 5.11 Å². The fourth-order valence-corrected chi connectivity index (χ4v) is 1.33. The van der Waals surface area contributed by atoms with Gasteiger partial charge in [0.2, 0.25) is 0 Å². The van der Waals surface area contributed by atoms with Gasteiger partial charge in [0, 0.05) is 17.8 Å². The molecule has 1 N–H and O–H groups in total. The molecule has 0 aliphatic rings. The molecule has 6 heteroatoms. The molecule has 17 heavy (non-hydrogen) atoms. The number of carboxylic acid groups (broad SMARTS) is 1. The number of hydrogen-bond acceptors (Lipinski definition) is 4. The lowest BCUT2D eigenvalue weighted by molar-refractivity contribution is -0.752. The summed E-state index contributed by atoms with van der Waals surface area (Å²) in [5, 5.41) is 20.4. The Morgan fingerprint density at radius 1 is 1.41 bits per heavy atom. The second-order valence-electron chi connectivity index (χ2n) is 3.43. The zero-order chi connectivity index (χ0) is 12.1. The van der Waals surface area contributed by atoms with Crippen molar-refractivity contribution in [3.05, 3.63) is 36.8 Å². The quantitative estimate of drug-likeness (QED) is 0.765. The first-order valence-electron chi connectivity index (χ1n) is 5.11. The van der Waals surface area contributed by atoms with E-state index in [9.17, 15) is 4.79 Å². The van der Waals surface area contributed by atoms with Gasteiger partial charge in [0.25, 0.3) is 0 Å². The lowest BCUT2D eigenvalue weighted by Gasteiger charge is -1.96. The lowest BCUT2D eigenvalue weighted by Crippen LogP contribution is -2.38. The highest BCUT2D eigenvalue weighted by atomic mass is 16.4. The average molecular weight is 231 g/mol. The van der Waals surface area contributed by atoms with E-state index in [1.54, 1.807) is 29.3 Å². The molecule has 86 valence electrons. The summed E-state index contributed by atoms with van der Waals surface area (Å²) in [6.45, 7) is 0.357. The SMILES string of the molecule is O=C(O)CC[n+]1ccc(-c2cccnn2)cn1. The molecule has 2 aromatic heterocycles. The predicted octanol–water partition coefficient (Wildman–Crippen LogP) is 0.301. The molecule has 0 atom stereocenters. The molecule has 0 saturated heterocycles. The summed E-state index contributed by atoms with van der Waals surface area (Å²) in [5.74, 6) is -0.836. The number of carbonyl (C=O) groups is 1. The van der Waals surface area contributed by atoms with Gasteiger partial charge in [0.1, 0.15) is 12.6 Å². The summed E-state index contributed by atoms with van der Waals surface area (Å²) in [6.07, 6.45) is 5.04. The molecule has 0 bridgehead atoms. The smallest absolute Gasteiger partial charge is 0.309 e. The lowest BCUT2D eigenvalue weighted by atomic mass is 10.2. The van der Waals surface area contributed by atoms with Crippen LogP contribution in [0.1, 0.15) is 6.42 Å². The normalized spacial score (nSPS) is 10.1. The maximum absolute atomic E-state index is 10.4. The number of aryl methyl sites for hydroxylation is 1. The van der Waals surface area contributed by atoms with Gasteiger partial charge in [0.15, 0.2) is 12.7 Å². The van der Waals surface area contributed by atoms with Crippen LogP contribution < -0.4 is 4.68 Å². The summed E-state index contributed by atoms with van der Waals surface area (Å²) in [5.41, 5.74) is 1.59. The first-order valence-corrected chi connectivity index (χ1v) is 5.11. The van der Waals surface area contributed by atoms with E-state index in [0.29, 0.717) is 6.54 Å². The molecule has 0 spiro atoms. The molecule has 0 aromatic carbocycles. The van der Waals surface area contributed by atoms with E-state index < -0.39 is 5.97 Å². The second-order valence-corrected chi connectivity index (χ2v) is 3.43. The van der Waals surface area contributed by atoms with E-state index in [1.165, 1.54) is 0 Å². The highest BCUT2D eigenvalue weighted by Crippen LogP contribution is 2.11. The third-order valence-corrected chi connectivity index (χ3v) is 2.19. The summed E-state index contributed by atoms with van der Waals surface area (Å²) < 4.78 is 1.58. The fourth-order valence-electron chi connectivity index (χ4n) is 1.33. The molecule has 0 aliphatic heterocycles. The van der Waals surface area contributed by atoms with Gasteiger partial charge in [-0.15, -0.1) is 0 Å². The topological polar surface area (TPSA) is 79.9 Å². The number of rotatable bonds is 4. The fraction of sp³-hybridized carbons (Fsp3) is 0.182. The minimum Gasteiger partial charge on any atom is -0.481 e. The van der Waals surface area contributed by atoms with Crippen molar-refractivity contribution in [3.8, 4) is 11.3 Å². The van der Waals surface area contributed by atoms with E-state index in [0.717, 1.165) is 11.3 Å². The molecule has 0 aliphatic carbocycles. The Hall–Kier alpha value is -2.37. The van der Waals surface area contributed by atoms with Crippen molar-refractivity contribution >= 4 is 5.97 Å². The van der Waals surface area contributed by atoms with Crippen LogP contribution in [0.2, 0.25) is 0 Å². The minimum absolute atomic E-state index is 0.0577. The Morgan fingerprint density at radius 2 is 2.29 bits per heavy atom. The van der Waals surface area contributed by atoms with Crippen molar-refractivity contribution in [3.63, 3.8) is 0 Å². The largest absolute Gasteiger partial charge is 0.481 e. The molecule has 0 radical (unpaired) electrons. The number of aromatic nitrogens is 4. The van der Waals surface area contributed by atoms with E-state index in [1.807, 2.05) is 12.1 Å². The van der Waals surface area contributed by atoms with Crippen molar-refractivity contribution in [2.45, 2.75) is 13.0 Å². The molecule has 2 rings (SSSR count). The number of hydrogen-bond donors (Lipinski definition) is 1. The molecule has 0 amide bonds. The van der Waals surface area contributed by atoms with Crippen molar-refractivity contribution in [2.75, 3.05) is 0 Å². The van der Waals surface area contributed by atoms with Crippen LogP contribution >= 0.6 is 0 Å². The standard InChI is InChI=1S/C11H10N4O2/c16-11(17)4-7-15-6-3-9(8-13-15)10-2-1-5-12-14-10/h1-3,5-6,8H,4,7H2/p+1. The zero-order valence-electron chi connectivity index (χ0n) is 9.02. The highest BCUT2D eigenvalue weighted by Gasteiger charge is 2.07. The van der Waals surface area contributed by atoms with Gasteiger partial charge in [0.05, 0.1) is 5.69 Å². The third kappa shape index (κ3) is 3.04. The number of aliphatic carboxylic acids is 1. The third-order valence-electron chi connectivity index (χ3n) is 2.19. The van der Waals surface area contributed by atoms with Gasteiger partial charge in [-0.05, 0) is 17.2 Å². The molecule has 2 heterocycles. The Bertz CT molecular complexity index is 499. The summed E-state index contributed by atoms with van der Waals surface area (Å²) in [4.78, 5) is 10.4. The summed E-state index contributed by atoms with van der Waals surface area (Å²) in [7, 11) is 0. The van der Waals surface area contributed by atoms with Crippen LogP contribution in [0.25, 0.3) is 11.3 Å². The second kappa shape index (κ2) is 5.11. The highest BCUT2D eigenvalue weighted by molar-refractivity contribution is 5.66. The monoisotopic (exact) mass is 231 g/mol. The molecule has 0 saturated carbocycles. The van der Waals surface area contributed by atoms with Gasteiger partial charge in [-0.1, -0.05) is 4.68 Å². The molecule has 0 fully saturated rings. The van der Waals surface area contributed by atoms with Gasteiger partial charge in [-0.2, -0.15) is 10.2 Å². The van der Waals surface area contributed by atoms with Crippen LogP contribution in [0, 0.1) is 0 Å². The van der Waals surface area contributed by atoms with E-state index in [-0.39, 0.29) is 6.42 Å². The van der Waals surface area contributed by atoms with Gasteiger partial charge in [-0.25, -0.2) is 0 Å².